The van der Waals surface area contributed by atoms with E-state index in [0.717, 1.165) is 11.8 Å². The molecule has 0 radical (unpaired) electrons. The van der Waals surface area contributed by atoms with Crippen LogP contribution in [-0.2, 0) is 10.0 Å². The van der Waals surface area contributed by atoms with E-state index in [4.69, 9.17) is 11.6 Å². The van der Waals surface area contributed by atoms with Crippen molar-refractivity contribution in [2.45, 2.75) is 0 Å². The zero-order chi connectivity index (χ0) is 10.6. The van der Waals surface area contributed by atoms with E-state index < -0.39 is 10.0 Å². The smallest absolute Gasteiger partial charge is 0.206 e. The molecule has 0 aromatic heterocycles. The van der Waals surface area contributed by atoms with Crippen molar-refractivity contribution in [2.75, 3.05) is 6.26 Å². The fourth-order valence-corrected chi connectivity index (χ4v) is 1.12. The minimum atomic E-state index is -3.28. The first-order valence-electron chi connectivity index (χ1n) is 3.73. The highest BCUT2D eigenvalue weighted by molar-refractivity contribution is 7.88. The van der Waals surface area contributed by atoms with Crippen molar-refractivity contribution in [3.63, 3.8) is 0 Å². The van der Waals surface area contributed by atoms with Crippen molar-refractivity contribution >= 4 is 27.8 Å². The quantitative estimate of drug-likeness (QED) is 0.629. The fraction of sp³-hybridized carbons (Fsp3) is 0.125. The van der Waals surface area contributed by atoms with Crippen molar-refractivity contribution in [3.05, 3.63) is 34.9 Å². The van der Waals surface area contributed by atoms with Gasteiger partial charge < -0.3 is 0 Å². The standard InChI is InChI=1S/C8H9ClN2O2S/c1-14(12,13)11-10-6-7-2-4-8(9)5-3-7/h2-6,11H,1H3/b10-6-. The number of hydrogen-bond acceptors (Lipinski definition) is 3. The molecule has 4 nitrogen and oxygen atoms in total. The van der Waals surface area contributed by atoms with Crippen LogP contribution in [0.15, 0.2) is 29.4 Å². The molecule has 14 heavy (non-hydrogen) atoms. The molecule has 0 saturated heterocycles. The van der Waals surface area contributed by atoms with Gasteiger partial charge in [-0.15, -0.1) is 0 Å². The molecule has 0 fully saturated rings. The number of hydrogen-bond donors (Lipinski definition) is 1. The van der Waals surface area contributed by atoms with Gasteiger partial charge in [0.1, 0.15) is 0 Å². The van der Waals surface area contributed by atoms with Gasteiger partial charge in [0, 0.05) is 5.02 Å². The van der Waals surface area contributed by atoms with Crippen molar-refractivity contribution in [1.82, 2.24) is 4.83 Å². The minimum absolute atomic E-state index is 0.623. The number of benzene rings is 1. The van der Waals surface area contributed by atoms with Crippen molar-refractivity contribution in [2.24, 2.45) is 5.10 Å². The van der Waals surface area contributed by atoms with E-state index in [1.54, 1.807) is 24.3 Å². The van der Waals surface area contributed by atoms with Gasteiger partial charge in [0.05, 0.1) is 12.5 Å². The second-order valence-electron chi connectivity index (χ2n) is 2.67. The fourth-order valence-electron chi connectivity index (χ4n) is 0.745. The zero-order valence-electron chi connectivity index (χ0n) is 7.44. The molecule has 0 aliphatic rings. The van der Waals surface area contributed by atoms with Crippen LogP contribution in [0, 0.1) is 0 Å². The largest absolute Gasteiger partial charge is 0.244 e. The highest BCUT2D eigenvalue weighted by atomic mass is 35.5. The summed E-state index contributed by atoms with van der Waals surface area (Å²) in [5, 5.41) is 4.16. The summed E-state index contributed by atoms with van der Waals surface area (Å²) in [7, 11) is -3.28. The molecule has 76 valence electrons. The summed E-state index contributed by atoms with van der Waals surface area (Å²) in [6.07, 6.45) is 2.43. The summed E-state index contributed by atoms with van der Waals surface area (Å²) in [6.45, 7) is 0. The molecule has 1 aromatic carbocycles. The molecule has 0 bridgehead atoms. The number of hydrazone groups is 1. The SMILES string of the molecule is CS(=O)(=O)N/N=C\c1ccc(Cl)cc1. The average molecular weight is 233 g/mol. The van der Waals surface area contributed by atoms with Gasteiger partial charge in [-0.05, 0) is 17.7 Å². The number of halogens is 1. The molecule has 0 heterocycles. The highest BCUT2D eigenvalue weighted by Crippen LogP contribution is 2.07. The second kappa shape index (κ2) is 4.43. The molecule has 0 amide bonds. The van der Waals surface area contributed by atoms with Crippen LogP contribution in [0.3, 0.4) is 0 Å². The van der Waals surface area contributed by atoms with Gasteiger partial charge in [-0.1, -0.05) is 23.7 Å². The third kappa shape index (κ3) is 4.25. The van der Waals surface area contributed by atoms with E-state index in [9.17, 15) is 8.42 Å². The molecule has 1 rings (SSSR count). The molecule has 0 atom stereocenters. The van der Waals surface area contributed by atoms with E-state index in [2.05, 4.69) is 5.10 Å². The first kappa shape index (κ1) is 11.0. The van der Waals surface area contributed by atoms with Crippen molar-refractivity contribution in [3.8, 4) is 0 Å². The lowest BCUT2D eigenvalue weighted by atomic mass is 10.2. The summed E-state index contributed by atoms with van der Waals surface area (Å²) in [6, 6.07) is 6.86. The van der Waals surface area contributed by atoms with Crippen LogP contribution in [0.25, 0.3) is 0 Å². The third-order valence-corrected chi connectivity index (χ3v) is 1.99. The molecule has 0 aliphatic carbocycles. The third-order valence-electron chi connectivity index (χ3n) is 1.30. The van der Waals surface area contributed by atoms with Crippen LogP contribution in [0.1, 0.15) is 5.56 Å². The Bertz CT molecular complexity index is 425. The maximum atomic E-state index is 10.6. The van der Waals surface area contributed by atoms with Crippen LogP contribution < -0.4 is 4.83 Å². The van der Waals surface area contributed by atoms with Gasteiger partial charge in [0.15, 0.2) is 0 Å². The Kier molecular flexibility index (Phi) is 3.49. The summed E-state index contributed by atoms with van der Waals surface area (Å²) in [5.74, 6) is 0. The number of nitrogens with one attached hydrogen (secondary N) is 1. The van der Waals surface area contributed by atoms with Crippen LogP contribution in [0.4, 0.5) is 0 Å². The Morgan fingerprint density at radius 3 is 2.43 bits per heavy atom. The normalized spacial score (nSPS) is 11.9. The Hall–Kier alpha value is -1.07. The monoisotopic (exact) mass is 232 g/mol. The maximum Gasteiger partial charge on any atom is 0.244 e. The topological polar surface area (TPSA) is 58.5 Å². The van der Waals surface area contributed by atoms with Gasteiger partial charge in [-0.3, -0.25) is 0 Å². The molecule has 0 spiro atoms. The summed E-state index contributed by atoms with van der Waals surface area (Å²) < 4.78 is 21.3. The van der Waals surface area contributed by atoms with Crippen LogP contribution in [0.2, 0.25) is 5.02 Å². The van der Waals surface area contributed by atoms with E-state index >= 15 is 0 Å². The molecule has 1 N–H and O–H groups in total. The lowest BCUT2D eigenvalue weighted by molar-refractivity contribution is 0.591. The van der Waals surface area contributed by atoms with Crippen LogP contribution >= 0.6 is 11.6 Å². The lowest BCUT2D eigenvalue weighted by Crippen LogP contribution is -2.15. The molecule has 6 heteroatoms. The Morgan fingerprint density at radius 2 is 1.93 bits per heavy atom. The Labute approximate surface area is 87.6 Å². The molecular formula is C8H9ClN2O2S. The average Bonchev–Trinajstić information content (AvgIpc) is 2.06. The molecule has 0 saturated carbocycles. The Morgan fingerprint density at radius 1 is 1.36 bits per heavy atom. The second-order valence-corrected chi connectivity index (χ2v) is 4.84. The first-order valence-corrected chi connectivity index (χ1v) is 6.00. The number of nitrogens with zero attached hydrogens (tertiary/aromatic N) is 1. The highest BCUT2D eigenvalue weighted by Gasteiger charge is 1.94. The van der Waals surface area contributed by atoms with Gasteiger partial charge in [0.2, 0.25) is 10.0 Å². The predicted molar refractivity (Wildman–Crippen MR) is 57.0 cm³/mol. The molecule has 1 aromatic rings. The molecular weight excluding hydrogens is 224 g/mol. The maximum absolute atomic E-state index is 10.6. The van der Waals surface area contributed by atoms with E-state index in [0.29, 0.717) is 5.02 Å². The summed E-state index contributed by atoms with van der Waals surface area (Å²) in [5.41, 5.74) is 0.769. The van der Waals surface area contributed by atoms with E-state index in [-0.39, 0.29) is 0 Å². The molecule has 0 aliphatic heterocycles. The van der Waals surface area contributed by atoms with Crippen molar-refractivity contribution < 1.29 is 8.42 Å². The van der Waals surface area contributed by atoms with E-state index in [1.165, 1.54) is 6.21 Å². The number of rotatable bonds is 3. The first-order chi connectivity index (χ1) is 6.47. The predicted octanol–water partition coefficient (Wildman–Crippen LogP) is 1.22. The van der Waals surface area contributed by atoms with Gasteiger partial charge >= 0.3 is 0 Å². The van der Waals surface area contributed by atoms with Crippen molar-refractivity contribution in [1.29, 1.82) is 0 Å². The Balaban J connectivity index is 2.65. The van der Waals surface area contributed by atoms with E-state index in [1.807, 2.05) is 4.83 Å². The van der Waals surface area contributed by atoms with Crippen LogP contribution in [-0.4, -0.2) is 20.9 Å². The lowest BCUT2D eigenvalue weighted by Gasteiger charge is -1.95. The molecule has 0 unspecified atom stereocenters. The summed E-state index contributed by atoms with van der Waals surface area (Å²) in [4.78, 5) is 1.99. The van der Waals surface area contributed by atoms with Crippen LogP contribution in [0.5, 0.6) is 0 Å². The zero-order valence-corrected chi connectivity index (χ0v) is 9.01. The van der Waals surface area contributed by atoms with Gasteiger partial charge in [-0.25, -0.2) is 13.2 Å². The van der Waals surface area contributed by atoms with Gasteiger partial charge in [-0.2, -0.15) is 5.10 Å². The minimum Gasteiger partial charge on any atom is -0.206 e. The number of sulfonamides is 1. The van der Waals surface area contributed by atoms with Gasteiger partial charge in [0.25, 0.3) is 0 Å². The summed E-state index contributed by atoms with van der Waals surface area (Å²) >= 11 is 5.66.